The molecule has 1 aromatic heterocycles. The van der Waals surface area contributed by atoms with Crippen LogP contribution in [0.2, 0.25) is 0 Å². The predicted octanol–water partition coefficient (Wildman–Crippen LogP) is 2.47. The Morgan fingerprint density at radius 2 is 2.08 bits per heavy atom. The Hall–Kier alpha value is -0.410. The van der Waals surface area contributed by atoms with Gasteiger partial charge in [-0.3, -0.25) is 0 Å². The summed E-state index contributed by atoms with van der Waals surface area (Å²) in [5, 5.41) is 4.54. The lowest BCUT2D eigenvalue weighted by Crippen LogP contribution is -2.32. The minimum Gasteiger partial charge on any atom is -0.310 e. The van der Waals surface area contributed by atoms with Crippen molar-refractivity contribution in [2.24, 2.45) is 0 Å². The summed E-state index contributed by atoms with van der Waals surface area (Å²) >= 11 is 1.82. The molecule has 1 N–H and O–H groups in total. The molecular weight excluding hydrogens is 180 g/mol. The monoisotopic (exact) mass is 198 g/mol. The number of thiazole rings is 1. The van der Waals surface area contributed by atoms with Crippen LogP contribution in [0, 0.1) is 6.92 Å². The molecule has 0 bridgehead atoms. The topological polar surface area (TPSA) is 24.9 Å². The standard InChI is InChI=1S/C10H18N2S/c1-6-8-12-7(2)9(13-8)10(3,4)11-5/h11H,6H2,1-5H3. The van der Waals surface area contributed by atoms with Crippen molar-refractivity contribution in [2.45, 2.75) is 39.7 Å². The molecule has 2 nitrogen and oxygen atoms in total. The molecule has 0 aliphatic rings. The number of nitrogens with one attached hydrogen (secondary N) is 1. The van der Waals surface area contributed by atoms with Crippen LogP contribution in [0.3, 0.4) is 0 Å². The van der Waals surface area contributed by atoms with Crippen molar-refractivity contribution < 1.29 is 0 Å². The van der Waals surface area contributed by atoms with Crippen LogP contribution in [-0.2, 0) is 12.0 Å². The van der Waals surface area contributed by atoms with E-state index in [1.807, 2.05) is 18.4 Å². The predicted molar refractivity (Wildman–Crippen MR) is 58.3 cm³/mol. The molecule has 0 aromatic carbocycles. The van der Waals surface area contributed by atoms with Gasteiger partial charge >= 0.3 is 0 Å². The molecule has 1 heterocycles. The zero-order valence-corrected chi connectivity index (χ0v) is 9.88. The van der Waals surface area contributed by atoms with Gasteiger partial charge in [0.25, 0.3) is 0 Å². The Morgan fingerprint density at radius 3 is 2.46 bits per heavy atom. The fourth-order valence-corrected chi connectivity index (χ4v) is 2.41. The highest BCUT2D eigenvalue weighted by atomic mass is 32.1. The number of hydrogen-bond donors (Lipinski definition) is 1. The molecule has 13 heavy (non-hydrogen) atoms. The molecule has 0 spiro atoms. The van der Waals surface area contributed by atoms with Crippen molar-refractivity contribution in [3.8, 4) is 0 Å². The Morgan fingerprint density at radius 1 is 1.46 bits per heavy atom. The highest BCUT2D eigenvalue weighted by Crippen LogP contribution is 2.29. The van der Waals surface area contributed by atoms with Crippen LogP contribution in [-0.4, -0.2) is 12.0 Å². The Balaban J connectivity index is 3.07. The van der Waals surface area contributed by atoms with Crippen LogP contribution >= 0.6 is 11.3 Å². The molecule has 0 saturated carbocycles. The second kappa shape index (κ2) is 3.76. The molecule has 0 fully saturated rings. The van der Waals surface area contributed by atoms with E-state index in [0.29, 0.717) is 0 Å². The van der Waals surface area contributed by atoms with E-state index in [4.69, 9.17) is 0 Å². The lowest BCUT2D eigenvalue weighted by molar-refractivity contribution is 0.450. The van der Waals surface area contributed by atoms with Crippen LogP contribution in [0.4, 0.5) is 0 Å². The largest absolute Gasteiger partial charge is 0.310 e. The Labute approximate surface area is 84.4 Å². The van der Waals surface area contributed by atoms with Gasteiger partial charge in [-0.1, -0.05) is 6.92 Å². The summed E-state index contributed by atoms with van der Waals surface area (Å²) in [6.07, 6.45) is 1.03. The maximum Gasteiger partial charge on any atom is 0.0928 e. The van der Waals surface area contributed by atoms with Gasteiger partial charge in [0.15, 0.2) is 0 Å². The first kappa shape index (κ1) is 10.7. The lowest BCUT2D eigenvalue weighted by atomic mass is 10.0. The summed E-state index contributed by atoms with van der Waals surface area (Å²) in [4.78, 5) is 5.88. The summed E-state index contributed by atoms with van der Waals surface area (Å²) in [6.45, 7) is 8.61. The summed E-state index contributed by atoms with van der Waals surface area (Å²) < 4.78 is 0. The summed E-state index contributed by atoms with van der Waals surface area (Å²) in [5.74, 6) is 0. The molecule has 0 aliphatic heterocycles. The SMILES string of the molecule is CCc1nc(C)c(C(C)(C)NC)s1. The van der Waals surface area contributed by atoms with Gasteiger partial charge in [0.2, 0.25) is 0 Å². The third-order valence-corrected chi connectivity index (χ3v) is 3.96. The minimum absolute atomic E-state index is 0.0508. The highest BCUT2D eigenvalue weighted by Gasteiger charge is 2.23. The van der Waals surface area contributed by atoms with Crippen molar-refractivity contribution in [1.82, 2.24) is 10.3 Å². The minimum atomic E-state index is 0.0508. The zero-order valence-electron chi connectivity index (χ0n) is 9.06. The quantitative estimate of drug-likeness (QED) is 0.807. The summed E-state index contributed by atoms with van der Waals surface area (Å²) in [6, 6.07) is 0. The molecule has 1 aromatic rings. The van der Waals surface area contributed by atoms with Gasteiger partial charge in [-0.05, 0) is 34.2 Å². The average molecular weight is 198 g/mol. The van der Waals surface area contributed by atoms with Crippen molar-refractivity contribution in [2.75, 3.05) is 7.05 Å². The first-order valence-corrected chi connectivity index (χ1v) is 5.48. The first-order valence-electron chi connectivity index (χ1n) is 4.67. The van der Waals surface area contributed by atoms with Crippen LogP contribution in [0.1, 0.15) is 36.3 Å². The van der Waals surface area contributed by atoms with E-state index in [0.717, 1.165) is 6.42 Å². The number of hydrogen-bond acceptors (Lipinski definition) is 3. The van der Waals surface area contributed by atoms with Crippen molar-refractivity contribution in [1.29, 1.82) is 0 Å². The van der Waals surface area contributed by atoms with Crippen molar-refractivity contribution >= 4 is 11.3 Å². The van der Waals surface area contributed by atoms with Gasteiger partial charge in [-0.2, -0.15) is 0 Å². The summed E-state index contributed by atoms with van der Waals surface area (Å²) in [5.41, 5.74) is 1.22. The van der Waals surface area contributed by atoms with E-state index < -0.39 is 0 Å². The molecule has 0 amide bonds. The van der Waals surface area contributed by atoms with Crippen LogP contribution < -0.4 is 5.32 Å². The highest BCUT2D eigenvalue weighted by molar-refractivity contribution is 7.11. The molecule has 0 atom stereocenters. The van der Waals surface area contributed by atoms with Gasteiger partial charge in [0.05, 0.1) is 10.7 Å². The number of rotatable bonds is 3. The fraction of sp³-hybridized carbons (Fsp3) is 0.700. The van der Waals surface area contributed by atoms with E-state index in [1.165, 1.54) is 15.6 Å². The zero-order chi connectivity index (χ0) is 10.1. The van der Waals surface area contributed by atoms with E-state index >= 15 is 0 Å². The van der Waals surface area contributed by atoms with E-state index in [-0.39, 0.29) is 5.54 Å². The third-order valence-electron chi connectivity index (χ3n) is 2.34. The van der Waals surface area contributed by atoms with E-state index in [2.05, 4.69) is 38.0 Å². The van der Waals surface area contributed by atoms with Crippen LogP contribution in [0.15, 0.2) is 0 Å². The Kier molecular flexibility index (Phi) is 3.09. The van der Waals surface area contributed by atoms with Crippen LogP contribution in [0.25, 0.3) is 0 Å². The summed E-state index contributed by atoms with van der Waals surface area (Å²) in [7, 11) is 1.99. The average Bonchev–Trinajstić information content (AvgIpc) is 2.47. The third kappa shape index (κ3) is 2.09. The van der Waals surface area contributed by atoms with Gasteiger partial charge < -0.3 is 5.32 Å². The smallest absolute Gasteiger partial charge is 0.0928 e. The molecular formula is C10H18N2S. The molecule has 0 saturated heterocycles. The molecule has 0 aliphatic carbocycles. The molecule has 0 unspecified atom stereocenters. The second-order valence-electron chi connectivity index (χ2n) is 3.75. The van der Waals surface area contributed by atoms with Crippen LogP contribution in [0.5, 0.6) is 0 Å². The number of aromatic nitrogens is 1. The normalized spacial score (nSPS) is 12.1. The first-order chi connectivity index (χ1) is 6.01. The van der Waals surface area contributed by atoms with E-state index in [1.54, 1.807) is 0 Å². The fourth-order valence-electron chi connectivity index (χ4n) is 1.30. The maximum atomic E-state index is 4.52. The lowest BCUT2D eigenvalue weighted by Gasteiger charge is -2.22. The van der Waals surface area contributed by atoms with Gasteiger partial charge in [-0.15, -0.1) is 11.3 Å². The van der Waals surface area contributed by atoms with Gasteiger partial charge in [0, 0.05) is 10.4 Å². The molecule has 74 valence electrons. The second-order valence-corrected chi connectivity index (χ2v) is 4.83. The maximum absolute atomic E-state index is 4.52. The number of aryl methyl sites for hydroxylation is 2. The van der Waals surface area contributed by atoms with Crippen molar-refractivity contribution in [3.63, 3.8) is 0 Å². The Bertz CT molecular complexity index is 289. The van der Waals surface area contributed by atoms with E-state index in [9.17, 15) is 0 Å². The van der Waals surface area contributed by atoms with Gasteiger partial charge in [-0.25, -0.2) is 4.98 Å². The molecule has 0 radical (unpaired) electrons. The molecule has 3 heteroatoms. The van der Waals surface area contributed by atoms with Gasteiger partial charge in [0.1, 0.15) is 0 Å². The number of nitrogens with zero attached hydrogens (tertiary/aromatic N) is 1. The molecule has 1 rings (SSSR count). The van der Waals surface area contributed by atoms with Crippen molar-refractivity contribution in [3.05, 3.63) is 15.6 Å².